The normalized spacial score (nSPS) is 18.1. The Kier molecular flexibility index (Phi) is 8.01. The molecule has 0 aliphatic rings. The molecular formula is C17H39NO2SSi. The van der Waals surface area contributed by atoms with Crippen LogP contribution in [0.25, 0.3) is 0 Å². The predicted octanol–water partition coefficient (Wildman–Crippen LogP) is 5.01. The Morgan fingerprint density at radius 2 is 1.55 bits per heavy atom. The Bertz CT molecular complexity index is 372. The summed E-state index contributed by atoms with van der Waals surface area (Å²) >= 11 is 0. The Morgan fingerprint density at radius 3 is 1.91 bits per heavy atom. The van der Waals surface area contributed by atoms with E-state index in [-0.39, 0.29) is 15.3 Å². The van der Waals surface area contributed by atoms with Gasteiger partial charge < -0.3 is 4.43 Å². The first-order chi connectivity index (χ1) is 9.65. The molecule has 0 aromatic carbocycles. The second-order valence-electron chi connectivity index (χ2n) is 9.20. The molecule has 5 heteroatoms. The molecule has 0 heterocycles. The van der Waals surface area contributed by atoms with E-state index in [1.807, 2.05) is 20.8 Å². The largest absolute Gasteiger partial charge is 0.415 e. The lowest BCUT2D eigenvalue weighted by Crippen LogP contribution is -2.54. The molecule has 0 radical (unpaired) electrons. The Balaban J connectivity index is 5.01. The van der Waals surface area contributed by atoms with Gasteiger partial charge in [-0.05, 0) is 52.2 Å². The van der Waals surface area contributed by atoms with Crippen molar-refractivity contribution in [3.8, 4) is 0 Å². The van der Waals surface area contributed by atoms with Gasteiger partial charge in [0.1, 0.15) is 0 Å². The highest BCUT2D eigenvalue weighted by atomic mass is 32.2. The van der Waals surface area contributed by atoms with Crippen LogP contribution in [-0.4, -0.2) is 29.4 Å². The molecule has 0 aromatic rings. The maximum absolute atomic E-state index is 12.5. The molecular weight excluding hydrogens is 310 g/mol. The summed E-state index contributed by atoms with van der Waals surface area (Å²) in [7, 11) is -2.86. The lowest BCUT2D eigenvalue weighted by atomic mass is 9.98. The third-order valence-corrected chi connectivity index (χ3v) is 10.8. The molecule has 134 valence electrons. The summed E-state index contributed by atoms with van der Waals surface area (Å²) in [6, 6.07) is 0. The molecule has 2 atom stereocenters. The van der Waals surface area contributed by atoms with Crippen LogP contribution in [0.1, 0.15) is 74.7 Å². The lowest BCUT2D eigenvalue weighted by Gasteiger charge is -2.41. The van der Waals surface area contributed by atoms with Crippen LogP contribution in [0.2, 0.25) is 18.1 Å². The summed E-state index contributed by atoms with van der Waals surface area (Å²) in [4.78, 5) is 0. The Morgan fingerprint density at radius 1 is 1.05 bits per heavy atom. The van der Waals surface area contributed by atoms with Crippen molar-refractivity contribution in [2.45, 2.75) is 103 Å². The SMILES string of the molecule is CCCC[C@@](C)(CO[Si](C)(C)C(C)(C)C)NS(=O)C(C)(C)C. The van der Waals surface area contributed by atoms with Gasteiger partial charge in [-0.1, -0.05) is 40.5 Å². The summed E-state index contributed by atoms with van der Waals surface area (Å²) in [5.74, 6) is 0. The molecule has 0 saturated heterocycles. The predicted molar refractivity (Wildman–Crippen MR) is 102 cm³/mol. The van der Waals surface area contributed by atoms with Crippen molar-refractivity contribution in [2.75, 3.05) is 6.61 Å². The number of unbranched alkanes of at least 4 members (excludes halogenated alkanes) is 1. The van der Waals surface area contributed by atoms with Gasteiger partial charge in [-0.15, -0.1) is 0 Å². The summed E-state index contributed by atoms with van der Waals surface area (Å²) < 4.78 is 22.0. The first kappa shape index (κ1) is 22.3. The highest BCUT2D eigenvalue weighted by Gasteiger charge is 2.40. The van der Waals surface area contributed by atoms with Gasteiger partial charge >= 0.3 is 0 Å². The van der Waals surface area contributed by atoms with Crippen LogP contribution in [0.3, 0.4) is 0 Å². The molecule has 0 spiro atoms. The molecule has 0 amide bonds. The van der Waals surface area contributed by atoms with Crippen molar-refractivity contribution >= 4 is 19.3 Å². The number of nitrogens with one attached hydrogen (secondary N) is 1. The zero-order valence-corrected chi connectivity index (χ0v) is 18.4. The van der Waals surface area contributed by atoms with Crippen molar-refractivity contribution in [3.63, 3.8) is 0 Å². The fraction of sp³-hybridized carbons (Fsp3) is 1.00. The molecule has 22 heavy (non-hydrogen) atoms. The molecule has 0 aromatic heterocycles. The quantitative estimate of drug-likeness (QED) is 0.626. The first-order valence-electron chi connectivity index (χ1n) is 8.48. The van der Waals surface area contributed by atoms with Gasteiger partial charge in [0, 0.05) is 5.54 Å². The van der Waals surface area contributed by atoms with Crippen LogP contribution < -0.4 is 4.72 Å². The summed E-state index contributed by atoms with van der Waals surface area (Å²) in [5, 5.41) is 0.196. The van der Waals surface area contributed by atoms with Crippen LogP contribution in [0.15, 0.2) is 0 Å². The molecule has 0 fully saturated rings. The van der Waals surface area contributed by atoms with Crippen LogP contribution in [0.4, 0.5) is 0 Å². The van der Waals surface area contributed by atoms with Crippen molar-refractivity contribution in [1.82, 2.24) is 4.72 Å². The third-order valence-electron chi connectivity index (χ3n) is 4.54. The monoisotopic (exact) mass is 349 g/mol. The number of hydrogen-bond donors (Lipinski definition) is 1. The van der Waals surface area contributed by atoms with Gasteiger partial charge in [0.2, 0.25) is 0 Å². The molecule has 0 saturated carbocycles. The standard InChI is InChI=1S/C17H39NO2SSi/c1-11-12-13-17(8,18-21(19)15(2,3)4)14-20-22(9,10)16(5,6)7/h18H,11-14H2,1-10H3/t17-,21?/m0/s1. The van der Waals surface area contributed by atoms with E-state index < -0.39 is 19.3 Å². The second-order valence-corrected chi connectivity index (χ2v) is 16.0. The van der Waals surface area contributed by atoms with E-state index in [1.54, 1.807) is 0 Å². The van der Waals surface area contributed by atoms with Gasteiger partial charge in [0.05, 0.1) is 22.3 Å². The lowest BCUT2D eigenvalue weighted by molar-refractivity contribution is 0.188. The average Bonchev–Trinajstić information content (AvgIpc) is 2.32. The van der Waals surface area contributed by atoms with Crippen molar-refractivity contribution in [1.29, 1.82) is 0 Å². The highest BCUT2D eigenvalue weighted by Crippen LogP contribution is 2.37. The second kappa shape index (κ2) is 7.91. The first-order valence-corrected chi connectivity index (χ1v) is 12.5. The van der Waals surface area contributed by atoms with Crippen molar-refractivity contribution in [3.05, 3.63) is 0 Å². The zero-order chi connectivity index (χ0) is 17.8. The molecule has 0 aliphatic heterocycles. The summed E-state index contributed by atoms with van der Waals surface area (Å²) in [6.45, 7) is 22.3. The van der Waals surface area contributed by atoms with Crippen molar-refractivity contribution < 1.29 is 8.63 Å². The van der Waals surface area contributed by atoms with Gasteiger partial charge in [-0.25, -0.2) is 8.93 Å². The van der Waals surface area contributed by atoms with Gasteiger partial charge in [-0.2, -0.15) is 0 Å². The van der Waals surface area contributed by atoms with Crippen molar-refractivity contribution in [2.24, 2.45) is 0 Å². The van der Waals surface area contributed by atoms with E-state index in [9.17, 15) is 4.21 Å². The molecule has 0 rings (SSSR count). The maximum Gasteiger partial charge on any atom is 0.192 e. The topological polar surface area (TPSA) is 38.3 Å². The van der Waals surface area contributed by atoms with E-state index in [2.05, 4.69) is 52.4 Å². The van der Waals surface area contributed by atoms with Crippen LogP contribution in [-0.2, 0) is 15.4 Å². The van der Waals surface area contributed by atoms with Crippen LogP contribution >= 0.6 is 0 Å². The van der Waals surface area contributed by atoms with E-state index >= 15 is 0 Å². The van der Waals surface area contributed by atoms with Gasteiger partial charge in [0.25, 0.3) is 0 Å². The maximum atomic E-state index is 12.5. The summed E-state index contributed by atoms with van der Waals surface area (Å²) in [5.41, 5.74) is -0.232. The molecule has 1 unspecified atom stereocenters. The van der Waals surface area contributed by atoms with Gasteiger partial charge in [0.15, 0.2) is 8.32 Å². The molecule has 3 nitrogen and oxygen atoms in total. The van der Waals surface area contributed by atoms with E-state index in [0.29, 0.717) is 6.61 Å². The third kappa shape index (κ3) is 7.24. The Hall–Kier alpha value is 0.287. The minimum Gasteiger partial charge on any atom is -0.415 e. The number of hydrogen-bond acceptors (Lipinski definition) is 2. The highest BCUT2D eigenvalue weighted by molar-refractivity contribution is 7.84. The van der Waals surface area contributed by atoms with Gasteiger partial charge in [-0.3, -0.25) is 0 Å². The average molecular weight is 350 g/mol. The molecule has 1 N–H and O–H groups in total. The molecule has 0 bridgehead atoms. The minimum atomic E-state index is -1.79. The van der Waals surface area contributed by atoms with E-state index in [4.69, 9.17) is 4.43 Å². The summed E-state index contributed by atoms with van der Waals surface area (Å²) in [6.07, 6.45) is 3.24. The zero-order valence-electron chi connectivity index (χ0n) is 16.6. The molecule has 0 aliphatic carbocycles. The number of rotatable bonds is 8. The fourth-order valence-electron chi connectivity index (χ4n) is 1.65. The van der Waals surface area contributed by atoms with Crippen LogP contribution in [0.5, 0.6) is 0 Å². The smallest absolute Gasteiger partial charge is 0.192 e. The van der Waals surface area contributed by atoms with E-state index in [1.165, 1.54) is 0 Å². The van der Waals surface area contributed by atoms with Crippen LogP contribution in [0, 0.1) is 0 Å². The fourth-order valence-corrected chi connectivity index (χ4v) is 3.68. The minimum absolute atomic E-state index is 0.196. The Labute approximate surface area is 142 Å². The van der Waals surface area contributed by atoms with E-state index in [0.717, 1.165) is 19.3 Å².